The van der Waals surface area contributed by atoms with Gasteiger partial charge in [0.15, 0.2) is 0 Å². The largest absolute Gasteiger partial charge is 0.508 e. The smallest absolute Gasteiger partial charge is 0.326 e. The van der Waals surface area contributed by atoms with E-state index in [-0.39, 0.29) is 42.4 Å². The number of H-pyrrole nitrogens is 1. The fraction of sp³-hybridized carbons (Fsp3) is 0.583. The Morgan fingerprint density at radius 2 is 1.31 bits per heavy atom. The molecule has 14 nitrogen and oxygen atoms in total. The average molecular weight is 854 g/mol. The second-order valence-corrected chi connectivity index (χ2v) is 18.3. The van der Waals surface area contributed by atoms with Gasteiger partial charge in [0, 0.05) is 49.7 Å². The molecule has 0 radical (unpaired) electrons. The number of nitrogens with zero attached hydrogens (tertiary/aromatic N) is 1. The van der Waals surface area contributed by atoms with Crippen LogP contribution in [0.4, 0.5) is 0 Å². The number of amides is 4. The number of carbonyl (C=O) groups excluding carboxylic acids is 4. The van der Waals surface area contributed by atoms with Crippen molar-refractivity contribution in [2.75, 3.05) is 6.54 Å². The lowest BCUT2D eigenvalue weighted by Gasteiger charge is -2.57. The summed E-state index contributed by atoms with van der Waals surface area (Å²) in [6.45, 7) is 2.59. The third-order valence-electron chi connectivity index (χ3n) is 13.1. The number of phenols is 1. The first-order valence-corrected chi connectivity index (χ1v) is 22.9. The van der Waals surface area contributed by atoms with Gasteiger partial charge in [-0.25, -0.2) is 9.78 Å². The van der Waals surface area contributed by atoms with Crippen LogP contribution in [0.2, 0.25) is 0 Å². The zero-order chi connectivity index (χ0) is 43.9. The van der Waals surface area contributed by atoms with E-state index in [0.29, 0.717) is 55.5 Å². The number of aromatic hydroxyl groups is 1. The second kappa shape index (κ2) is 22.7. The Balaban J connectivity index is 1.17. The Morgan fingerprint density at radius 1 is 0.710 bits per heavy atom. The Labute approximate surface area is 365 Å². The molecule has 4 saturated carbocycles. The minimum Gasteiger partial charge on any atom is -0.508 e. The number of aromatic nitrogens is 2. The molecule has 14 heteroatoms. The Morgan fingerprint density at radius 3 is 1.95 bits per heavy atom. The predicted octanol–water partition coefficient (Wildman–Crippen LogP) is 5.26. The third-order valence-corrected chi connectivity index (χ3v) is 13.1. The molecule has 0 aliphatic heterocycles. The molecular weight excluding hydrogens is 787 g/mol. The summed E-state index contributed by atoms with van der Waals surface area (Å²) < 4.78 is 0. The van der Waals surface area contributed by atoms with Gasteiger partial charge in [-0.1, -0.05) is 75.1 Å². The highest BCUT2D eigenvalue weighted by atomic mass is 16.4. The lowest BCUT2D eigenvalue weighted by molar-refractivity contribution is -0.142. The van der Waals surface area contributed by atoms with Gasteiger partial charge >= 0.3 is 5.97 Å². The van der Waals surface area contributed by atoms with E-state index < -0.39 is 42.0 Å². The van der Waals surface area contributed by atoms with Gasteiger partial charge in [-0.2, -0.15) is 0 Å². The zero-order valence-corrected chi connectivity index (χ0v) is 36.2. The maximum atomic E-state index is 14.6. The van der Waals surface area contributed by atoms with E-state index in [2.05, 4.69) is 43.5 Å². The van der Waals surface area contributed by atoms with Crippen LogP contribution in [-0.4, -0.2) is 86.0 Å². The maximum Gasteiger partial charge on any atom is 0.326 e. The van der Waals surface area contributed by atoms with Crippen molar-refractivity contribution in [2.24, 2.45) is 17.8 Å². The topological polar surface area (TPSA) is 215 Å². The van der Waals surface area contributed by atoms with Crippen molar-refractivity contribution in [3.63, 3.8) is 0 Å². The molecule has 7 rings (SSSR count). The SMILES string of the molecule is CCCCCCCC(=O)NCCCC[C@H](NC(=O)[C@H](Cc1cnc[nH]1)NC12CC3CC(CC(C3)C1)C2)C(=O)N[C@@H](Cc1ccccc1)C(=O)N[C@@H](Cc1ccc(O)cc1)C(=O)O. The number of aromatic amines is 1. The van der Waals surface area contributed by atoms with Gasteiger partial charge in [-0.15, -0.1) is 0 Å². The summed E-state index contributed by atoms with van der Waals surface area (Å²) in [5.41, 5.74) is 1.99. The highest BCUT2D eigenvalue weighted by molar-refractivity contribution is 5.94. The summed E-state index contributed by atoms with van der Waals surface area (Å²) in [7, 11) is 0. The van der Waals surface area contributed by atoms with E-state index in [9.17, 15) is 34.2 Å². The molecule has 4 aliphatic rings. The van der Waals surface area contributed by atoms with Crippen LogP contribution >= 0.6 is 0 Å². The molecule has 1 heterocycles. The summed E-state index contributed by atoms with van der Waals surface area (Å²) in [6.07, 6.45) is 17.6. The van der Waals surface area contributed by atoms with Crippen LogP contribution < -0.4 is 26.6 Å². The summed E-state index contributed by atoms with van der Waals surface area (Å²) in [4.78, 5) is 75.4. The maximum absolute atomic E-state index is 14.6. The molecular formula is C48H67N7O7. The molecule has 4 amide bonds. The van der Waals surface area contributed by atoms with Gasteiger partial charge in [0.25, 0.3) is 0 Å². The first-order valence-electron chi connectivity index (χ1n) is 22.9. The van der Waals surface area contributed by atoms with E-state index in [1.807, 2.05) is 30.3 Å². The highest BCUT2D eigenvalue weighted by Crippen LogP contribution is 2.55. The zero-order valence-electron chi connectivity index (χ0n) is 36.2. The van der Waals surface area contributed by atoms with E-state index in [1.165, 1.54) is 31.4 Å². The highest BCUT2D eigenvalue weighted by Gasteiger charge is 2.52. The van der Waals surface area contributed by atoms with E-state index >= 15 is 0 Å². The lowest BCUT2D eigenvalue weighted by atomic mass is 9.53. The summed E-state index contributed by atoms with van der Waals surface area (Å²) in [6, 6.07) is 11.0. The monoisotopic (exact) mass is 854 g/mol. The Hall–Kier alpha value is -5.24. The van der Waals surface area contributed by atoms with E-state index in [0.717, 1.165) is 62.6 Å². The third kappa shape index (κ3) is 13.9. The minimum atomic E-state index is -1.32. The van der Waals surface area contributed by atoms with E-state index in [4.69, 9.17) is 0 Å². The number of nitrogens with one attached hydrogen (secondary N) is 6. The van der Waals surface area contributed by atoms with Crippen molar-refractivity contribution in [1.29, 1.82) is 0 Å². The van der Waals surface area contributed by atoms with Crippen LogP contribution in [0.25, 0.3) is 0 Å². The molecule has 0 spiro atoms. The standard InChI is InChI=1S/C48H67N7O7/c1-2-3-4-5-9-15-43(57)50-20-11-10-14-39(52-46(60)41(26-37-30-49-31-51-37)55-48-27-34-21-35(28-48)23-36(22-34)29-48)44(58)53-40(24-32-12-7-6-8-13-32)45(59)54-42(47(61)62)25-33-16-18-38(56)19-17-33/h6-8,12-13,16-19,30-31,34-36,39-42,55-56H,2-5,9-11,14-15,20-29H2,1H3,(H,49,51)(H,50,57)(H,52,60)(H,53,58)(H,54,59)(H,61,62)/t34?,35?,36?,39-,40-,41-,42-,48?/m0/s1. The number of hydrogen-bond donors (Lipinski definition) is 8. The van der Waals surface area contributed by atoms with Gasteiger partial charge in [0.2, 0.25) is 23.6 Å². The fourth-order valence-electron chi connectivity index (χ4n) is 10.4. The lowest BCUT2D eigenvalue weighted by Crippen LogP contribution is -2.64. The Bertz CT molecular complexity index is 1870. The number of unbranched alkanes of at least 4 members (excludes halogenated alkanes) is 5. The van der Waals surface area contributed by atoms with Crippen molar-refractivity contribution >= 4 is 29.6 Å². The predicted molar refractivity (Wildman–Crippen MR) is 236 cm³/mol. The number of carbonyl (C=O) groups is 5. The Kier molecular flexibility index (Phi) is 17.0. The minimum absolute atomic E-state index is 0.00124. The first-order chi connectivity index (χ1) is 30.0. The second-order valence-electron chi connectivity index (χ2n) is 18.3. The number of carboxylic acids is 1. The van der Waals surface area contributed by atoms with Gasteiger partial charge < -0.3 is 36.5 Å². The number of rotatable bonds is 26. The van der Waals surface area contributed by atoms with Crippen molar-refractivity contribution in [3.05, 3.63) is 83.9 Å². The van der Waals surface area contributed by atoms with Gasteiger partial charge in [0.05, 0.1) is 12.4 Å². The number of carboxylic acid groups (broad SMARTS) is 1. The first kappa shape index (κ1) is 46.3. The number of phenolic OH excluding ortho intramolecular Hbond substituents is 1. The molecule has 4 atom stereocenters. The van der Waals surface area contributed by atoms with Crippen LogP contribution in [0.5, 0.6) is 5.75 Å². The van der Waals surface area contributed by atoms with Crippen LogP contribution in [0.15, 0.2) is 67.1 Å². The van der Waals surface area contributed by atoms with Gasteiger partial charge in [0.1, 0.15) is 23.9 Å². The number of benzene rings is 2. The fourth-order valence-corrected chi connectivity index (χ4v) is 10.4. The van der Waals surface area contributed by atoms with Crippen LogP contribution in [0, 0.1) is 17.8 Å². The molecule has 336 valence electrons. The molecule has 3 aromatic rings. The molecule has 0 unspecified atom stereocenters. The van der Waals surface area contributed by atoms with E-state index in [1.54, 1.807) is 24.7 Å². The van der Waals surface area contributed by atoms with Crippen molar-refractivity contribution in [3.8, 4) is 5.75 Å². The van der Waals surface area contributed by atoms with Gasteiger partial charge in [-0.05, 0) is 105 Å². The molecule has 4 aliphatic carbocycles. The number of imidazole rings is 1. The quantitative estimate of drug-likeness (QED) is 0.0494. The van der Waals surface area contributed by atoms with Gasteiger partial charge in [-0.3, -0.25) is 24.5 Å². The van der Waals surface area contributed by atoms with Crippen molar-refractivity contribution < 1.29 is 34.2 Å². The van der Waals surface area contributed by atoms with Crippen LogP contribution in [-0.2, 0) is 43.2 Å². The van der Waals surface area contributed by atoms with Crippen LogP contribution in [0.1, 0.15) is 120 Å². The van der Waals surface area contributed by atoms with Crippen molar-refractivity contribution in [1.82, 2.24) is 36.6 Å². The van der Waals surface area contributed by atoms with Crippen LogP contribution in [0.3, 0.4) is 0 Å². The summed E-state index contributed by atoms with van der Waals surface area (Å²) >= 11 is 0. The molecule has 4 fully saturated rings. The molecule has 2 aromatic carbocycles. The normalized spacial score (nSPS) is 21.9. The molecule has 4 bridgehead atoms. The molecule has 8 N–H and O–H groups in total. The molecule has 62 heavy (non-hydrogen) atoms. The summed E-state index contributed by atoms with van der Waals surface area (Å²) in [5.74, 6) is -0.831. The number of aliphatic carboxylic acids is 1. The molecule has 1 aromatic heterocycles. The molecule has 0 saturated heterocycles. The summed E-state index contributed by atoms with van der Waals surface area (Å²) in [5, 5.41) is 35.3. The number of hydrogen-bond acceptors (Lipinski definition) is 8. The average Bonchev–Trinajstić information content (AvgIpc) is 3.76. The van der Waals surface area contributed by atoms with Crippen molar-refractivity contribution in [2.45, 2.75) is 152 Å².